The molecule has 0 saturated carbocycles. The molecule has 0 bridgehead atoms. The van der Waals surface area contributed by atoms with Crippen molar-refractivity contribution in [3.63, 3.8) is 0 Å². The van der Waals surface area contributed by atoms with Gasteiger partial charge in [-0.15, -0.1) is 0 Å². The van der Waals surface area contributed by atoms with Crippen molar-refractivity contribution in [1.82, 2.24) is 5.32 Å². The Balaban J connectivity index is 4.01. The van der Waals surface area contributed by atoms with E-state index in [9.17, 15) is 9.59 Å². The number of esters is 1. The fourth-order valence-corrected chi connectivity index (χ4v) is 0.790. The van der Waals surface area contributed by atoms with Gasteiger partial charge < -0.3 is 10.1 Å². The maximum atomic E-state index is 10.9. The lowest BCUT2D eigenvalue weighted by Gasteiger charge is -2.02. The van der Waals surface area contributed by atoms with Gasteiger partial charge in [0.05, 0.1) is 11.9 Å². The Morgan fingerprint density at radius 1 is 1.54 bits per heavy atom. The first kappa shape index (κ1) is 12.2. The Morgan fingerprint density at radius 3 is 2.62 bits per heavy atom. The molecule has 0 aliphatic carbocycles. The zero-order valence-corrected chi connectivity index (χ0v) is 9.18. The average Bonchev–Trinajstić information content (AvgIpc) is 2.04. The Morgan fingerprint density at radius 2 is 2.15 bits per heavy atom. The molecule has 0 radical (unpaired) electrons. The van der Waals surface area contributed by atoms with Crippen molar-refractivity contribution in [3.05, 3.63) is 11.8 Å². The molecule has 0 aromatic rings. The van der Waals surface area contributed by atoms with Gasteiger partial charge in [-0.05, 0) is 13.8 Å². The fraction of sp³-hybridized carbons (Fsp3) is 0.500. The molecule has 0 aromatic heterocycles. The predicted molar refractivity (Wildman–Crippen MR) is 52.3 cm³/mol. The molecule has 0 aliphatic heterocycles. The second kappa shape index (κ2) is 6.65. The van der Waals surface area contributed by atoms with Gasteiger partial charge >= 0.3 is 5.97 Å². The monoisotopic (exact) mass is 249 g/mol. The van der Waals surface area contributed by atoms with Crippen LogP contribution in [0.4, 0.5) is 0 Å². The zero-order valence-electron chi connectivity index (χ0n) is 7.59. The van der Waals surface area contributed by atoms with Gasteiger partial charge in [0.1, 0.15) is 0 Å². The number of halogens is 1. The van der Waals surface area contributed by atoms with E-state index in [0.717, 1.165) is 0 Å². The topological polar surface area (TPSA) is 55.4 Å². The molecular weight excluding hydrogens is 238 g/mol. The number of ether oxygens (including phenoxy) is 1. The minimum absolute atomic E-state index is 0.196. The molecule has 1 N–H and O–H groups in total. The van der Waals surface area contributed by atoms with Gasteiger partial charge in [-0.2, -0.15) is 0 Å². The number of carbonyl (C=O) groups is 2. The zero-order chi connectivity index (χ0) is 10.3. The molecule has 1 amide bonds. The van der Waals surface area contributed by atoms with Crippen molar-refractivity contribution in [2.75, 3.05) is 11.9 Å². The maximum absolute atomic E-state index is 10.9. The molecule has 4 nitrogen and oxygen atoms in total. The molecule has 74 valence electrons. The Kier molecular flexibility index (Phi) is 6.22. The Hall–Kier alpha value is -0.840. The lowest BCUT2D eigenvalue weighted by atomic mass is 10.4. The Bertz CT molecular complexity index is 225. The third-order valence-corrected chi connectivity index (χ3v) is 1.59. The quantitative estimate of drug-likeness (QED) is 0.459. The van der Waals surface area contributed by atoms with Crippen LogP contribution in [0.15, 0.2) is 11.8 Å². The molecule has 0 aliphatic rings. The van der Waals surface area contributed by atoms with Crippen molar-refractivity contribution in [1.29, 1.82) is 0 Å². The normalized spacial score (nSPS) is 10.8. The van der Waals surface area contributed by atoms with Crippen molar-refractivity contribution >= 4 is 27.8 Å². The molecule has 0 saturated heterocycles. The van der Waals surface area contributed by atoms with Crippen molar-refractivity contribution in [2.45, 2.75) is 13.8 Å². The van der Waals surface area contributed by atoms with Gasteiger partial charge in [0.15, 0.2) is 0 Å². The van der Waals surface area contributed by atoms with Gasteiger partial charge in [-0.25, -0.2) is 4.79 Å². The lowest BCUT2D eigenvalue weighted by molar-refractivity contribution is -0.137. The molecule has 0 aromatic carbocycles. The summed E-state index contributed by atoms with van der Waals surface area (Å²) in [6.07, 6.45) is 1.24. The number of allylic oxidation sites excluding steroid dienone is 1. The summed E-state index contributed by atoms with van der Waals surface area (Å²) in [5.74, 6) is -0.645. The number of rotatable bonds is 4. The lowest BCUT2D eigenvalue weighted by Crippen LogP contribution is -2.22. The molecular formula is C8H12BrNO3. The largest absolute Gasteiger partial charge is 0.463 e. The van der Waals surface area contributed by atoms with Gasteiger partial charge in [0, 0.05) is 11.8 Å². The molecule has 13 heavy (non-hydrogen) atoms. The van der Waals surface area contributed by atoms with Crippen molar-refractivity contribution < 1.29 is 14.3 Å². The molecule has 0 heterocycles. The highest BCUT2D eigenvalue weighted by atomic mass is 79.9. The van der Waals surface area contributed by atoms with Gasteiger partial charge in [0.2, 0.25) is 5.91 Å². The van der Waals surface area contributed by atoms with Crippen LogP contribution in [0.5, 0.6) is 0 Å². The molecule has 0 atom stereocenters. The average molecular weight is 250 g/mol. The van der Waals surface area contributed by atoms with Crippen LogP contribution in [0.2, 0.25) is 0 Å². The molecule has 0 fully saturated rings. The Labute approximate surface area is 85.5 Å². The summed E-state index contributed by atoms with van der Waals surface area (Å²) in [6.45, 7) is 3.67. The van der Waals surface area contributed by atoms with E-state index in [2.05, 4.69) is 26.0 Å². The summed E-state index contributed by atoms with van der Waals surface area (Å²) in [6, 6.07) is 0. The van der Waals surface area contributed by atoms with E-state index < -0.39 is 5.97 Å². The summed E-state index contributed by atoms with van der Waals surface area (Å²) in [5, 5.41) is 2.70. The number of carbonyl (C=O) groups excluding carboxylic acids is 2. The fourth-order valence-electron chi connectivity index (χ4n) is 0.650. The van der Waals surface area contributed by atoms with Crippen molar-refractivity contribution in [3.8, 4) is 0 Å². The summed E-state index contributed by atoms with van der Waals surface area (Å²) in [5.41, 5.74) is 0.475. The van der Waals surface area contributed by atoms with E-state index in [0.29, 0.717) is 12.3 Å². The number of alkyl halides is 1. The summed E-state index contributed by atoms with van der Waals surface area (Å²) < 4.78 is 4.65. The number of amides is 1. The van der Waals surface area contributed by atoms with E-state index >= 15 is 0 Å². The standard InChI is InChI=1S/C8H12BrNO3/c1-3-13-8(12)4-6(2)10-7(11)5-9/h4H,3,5H2,1-2H3,(H,10,11). The van der Waals surface area contributed by atoms with Crippen molar-refractivity contribution in [2.24, 2.45) is 0 Å². The first-order valence-corrected chi connectivity index (χ1v) is 4.93. The minimum Gasteiger partial charge on any atom is -0.463 e. The smallest absolute Gasteiger partial charge is 0.332 e. The van der Waals surface area contributed by atoms with Gasteiger partial charge in [-0.3, -0.25) is 4.79 Å². The van der Waals surface area contributed by atoms with Gasteiger partial charge in [0.25, 0.3) is 0 Å². The summed E-state index contributed by atoms with van der Waals surface area (Å²) in [4.78, 5) is 21.7. The van der Waals surface area contributed by atoms with Crippen LogP contribution in [0.3, 0.4) is 0 Å². The third kappa shape index (κ3) is 6.33. The number of nitrogens with one attached hydrogen (secondary N) is 1. The van der Waals surface area contributed by atoms with Crippen LogP contribution in [0.25, 0.3) is 0 Å². The summed E-state index contributed by atoms with van der Waals surface area (Å²) in [7, 11) is 0. The molecule has 0 spiro atoms. The highest BCUT2D eigenvalue weighted by molar-refractivity contribution is 9.09. The van der Waals surface area contributed by atoms with Gasteiger partial charge in [-0.1, -0.05) is 15.9 Å². The van der Waals surface area contributed by atoms with Crippen LogP contribution in [0, 0.1) is 0 Å². The predicted octanol–water partition coefficient (Wildman–Crippen LogP) is 0.964. The van der Waals surface area contributed by atoms with E-state index in [1.807, 2.05) is 0 Å². The van der Waals surface area contributed by atoms with E-state index in [-0.39, 0.29) is 11.2 Å². The number of hydrogen-bond donors (Lipinski definition) is 1. The second-order valence-corrected chi connectivity index (χ2v) is 2.82. The SMILES string of the molecule is CCOC(=O)C=C(C)NC(=O)CBr. The van der Waals surface area contributed by atoms with Crippen LogP contribution in [-0.2, 0) is 14.3 Å². The molecule has 0 rings (SSSR count). The highest BCUT2D eigenvalue weighted by Gasteiger charge is 2.01. The van der Waals surface area contributed by atoms with E-state index in [1.54, 1.807) is 13.8 Å². The molecule has 0 unspecified atom stereocenters. The van der Waals surface area contributed by atoms with E-state index in [1.165, 1.54) is 6.08 Å². The second-order valence-electron chi connectivity index (χ2n) is 2.26. The van der Waals surface area contributed by atoms with Crippen LogP contribution >= 0.6 is 15.9 Å². The molecule has 5 heteroatoms. The first-order chi connectivity index (χ1) is 6.10. The maximum Gasteiger partial charge on any atom is 0.332 e. The highest BCUT2D eigenvalue weighted by Crippen LogP contribution is 1.90. The van der Waals surface area contributed by atoms with Crippen LogP contribution < -0.4 is 5.32 Å². The summed E-state index contributed by atoms with van der Waals surface area (Å²) >= 11 is 2.98. The van der Waals surface area contributed by atoms with Crippen LogP contribution in [0.1, 0.15) is 13.8 Å². The van der Waals surface area contributed by atoms with E-state index in [4.69, 9.17) is 0 Å². The minimum atomic E-state index is -0.449. The number of hydrogen-bond acceptors (Lipinski definition) is 3. The van der Waals surface area contributed by atoms with Crippen LogP contribution in [-0.4, -0.2) is 23.8 Å². The first-order valence-electron chi connectivity index (χ1n) is 3.81. The third-order valence-electron chi connectivity index (χ3n) is 1.08.